The van der Waals surface area contributed by atoms with Crippen LogP contribution in [-0.4, -0.2) is 10.5 Å². The molecule has 0 aliphatic carbocycles. The summed E-state index contributed by atoms with van der Waals surface area (Å²) in [4.78, 5) is 25.3. The van der Waals surface area contributed by atoms with Gasteiger partial charge < -0.3 is 0 Å². The number of carbonyl (C=O) groups is 1. The number of benzene rings is 2. The van der Waals surface area contributed by atoms with Crippen LogP contribution >= 0.6 is 11.6 Å². The normalized spacial score (nSPS) is 12.6. The molecule has 0 spiro atoms. The number of pyridine rings is 1. The van der Waals surface area contributed by atoms with Gasteiger partial charge in [0.25, 0.3) is 5.91 Å². The number of fused-ring (bicyclic) bond motifs is 5. The van der Waals surface area contributed by atoms with Gasteiger partial charge in [-0.25, -0.2) is 0 Å². The van der Waals surface area contributed by atoms with Crippen LogP contribution in [0.25, 0.3) is 22.2 Å². The van der Waals surface area contributed by atoms with Gasteiger partial charge in [0.05, 0.1) is 11.2 Å². The Morgan fingerprint density at radius 3 is 2.48 bits per heavy atom. The fourth-order valence-electron chi connectivity index (χ4n) is 3.01. The number of carbonyl (C=O) groups excluding carboxylic acids is 1. The Kier molecular flexibility index (Phi) is 2.39. The molecular formula is C17H10ClNO2. The molecule has 1 aromatic heterocycles. The van der Waals surface area contributed by atoms with Gasteiger partial charge >= 0.3 is 0 Å². The zero-order chi connectivity index (χ0) is 14.7. The molecule has 0 unspecified atom stereocenters. The van der Waals surface area contributed by atoms with Crippen LogP contribution in [-0.2, 0) is 0 Å². The van der Waals surface area contributed by atoms with Gasteiger partial charge in [0.1, 0.15) is 0 Å². The van der Waals surface area contributed by atoms with Gasteiger partial charge in [-0.1, -0.05) is 29.8 Å². The van der Waals surface area contributed by atoms with E-state index in [0.717, 1.165) is 5.56 Å². The lowest BCUT2D eigenvalue weighted by atomic mass is 10.0. The molecule has 3 nitrogen and oxygen atoms in total. The largest absolute Gasteiger partial charge is 0.289 e. The van der Waals surface area contributed by atoms with Crippen molar-refractivity contribution in [2.75, 3.05) is 0 Å². The molecule has 102 valence electrons. The standard InChI is InChI=1S/C17H10ClNO2/c1-9-15-11-4-2-3-5-12(11)17(21)19(15)14-7-6-10(18)8-13(14)16(9)20/h2-8H,1H3. The first kappa shape index (κ1) is 12.4. The maximum atomic E-state index is 12.7. The molecule has 0 fully saturated rings. The van der Waals surface area contributed by atoms with Gasteiger partial charge in [0, 0.05) is 27.1 Å². The third-order valence-corrected chi connectivity index (χ3v) is 4.21. The van der Waals surface area contributed by atoms with Crippen molar-refractivity contribution in [1.82, 2.24) is 4.57 Å². The van der Waals surface area contributed by atoms with Crippen molar-refractivity contribution in [1.29, 1.82) is 0 Å². The van der Waals surface area contributed by atoms with E-state index < -0.39 is 0 Å². The van der Waals surface area contributed by atoms with Crippen LogP contribution in [0.4, 0.5) is 0 Å². The molecule has 21 heavy (non-hydrogen) atoms. The van der Waals surface area contributed by atoms with Gasteiger partial charge in [0.2, 0.25) is 0 Å². The third-order valence-electron chi connectivity index (χ3n) is 3.98. The summed E-state index contributed by atoms with van der Waals surface area (Å²) in [6.07, 6.45) is 0. The van der Waals surface area contributed by atoms with E-state index >= 15 is 0 Å². The molecule has 0 N–H and O–H groups in total. The lowest BCUT2D eigenvalue weighted by Crippen LogP contribution is -2.16. The number of rotatable bonds is 0. The highest BCUT2D eigenvalue weighted by Crippen LogP contribution is 2.35. The Balaban J connectivity index is 2.28. The molecule has 4 rings (SSSR count). The van der Waals surface area contributed by atoms with Gasteiger partial charge in [-0.15, -0.1) is 0 Å². The van der Waals surface area contributed by atoms with E-state index in [1.54, 1.807) is 35.8 Å². The van der Waals surface area contributed by atoms with Crippen molar-refractivity contribution in [3.05, 3.63) is 68.8 Å². The number of nitrogens with zero attached hydrogens (tertiary/aromatic N) is 1. The molecule has 0 saturated carbocycles. The lowest BCUT2D eigenvalue weighted by Gasteiger charge is -2.11. The van der Waals surface area contributed by atoms with Crippen LogP contribution in [0.2, 0.25) is 5.02 Å². The van der Waals surface area contributed by atoms with Crippen LogP contribution in [0.3, 0.4) is 0 Å². The van der Waals surface area contributed by atoms with E-state index in [0.29, 0.717) is 32.7 Å². The fraction of sp³-hybridized carbons (Fsp3) is 0.0588. The third kappa shape index (κ3) is 1.49. The Morgan fingerprint density at radius 2 is 1.71 bits per heavy atom. The smallest absolute Gasteiger partial charge is 0.263 e. The average molecular weight is 296 g/mol. The minimum Gasteiger partial charge on any atom is -0.289 e. The topological polar surface area (TPSA) is 39.1 Å². The van der Waals surface area contributed by atoms with E-state index in [9.17, 15) is 9.59 Å². The van der Waals surface area contributed by atoms with E-state index in [1.807, 2.05) is 18.2 Å². The highest BCUT2D eigenvalue weighted by Gasteiger charge is 2.29. The molecule has 4 heteroatoms. The van der Waals surface area contributed by atoms with E-state index in [4.69, 9.17) is 11.6 Å². The van der Waals surface area contributed by atoms with Crippen LogP contribution in [0.1, 0.15) is 15.9 Å². The summed E-state index contributed by atoms with van der Waals surface area (Å²) in [5, 5.41) is 0.965. The summed E-state index contributed by atoms with van der Waals surface area (Å²) in [7, 11) is 0. The van der Waals surface area contributed by atoms with Crippen molar-refractivity contribution in [3.8, 4) is 11.3 Å². The highest BCUT2D eigenvalue weighted by atomic mass is 35.5. The van der Waals surface area contributed by atoms with E-state index in [-0.39, 0.29) is 11.3 Å². The maximum absolute atomic E-state index is 12.7. The van der Waals surface area contributed by atoms with Crippen molar-refractivity contribution in [3.63, 3.8) is 0 Å². The SMILES string of the molecule is Cc1c2n(c3ccc(Cl)cc3c1=O)C(=O)c1ccccc1-2. The van der Waals surface area contributed by atoms with Gasteiger partial charge in [-0.2, -0.15) is 0 Å². The first-order valence-corrected chi connectivity index (χ1v) is 6.96. The fourth-order valence-corrected chi connectivity index (χ4v) is 3.18. The molecule has 0 atom stereocenters. The summed E-state index contributed by atoms with van der Waals surface area (Å²) in [5.74, 6) is -0.101. The van der Waals surface area contributed by atoms with Crippen LogP contribution < -0.4 is 5.43 Å². The predicted octanol–water partition coefficient (Wildman–Crippen LogP) is 3.63. The maximum Gasteiger partial charge on any atom is 0.263 e. The molecule has 1 aliphatic heterocycles. The average Bonchev–Trinajstić information content (AvgIpc) is 2.79. The Bertz CT molecular complexity index is 1000. The van der Waals surface area contributed by atoms with Gasteiger partial charge in [-0.3, -0.25) is 14.2 Å². The summed E-state index contributed by atoms with van der Waals surface area (Å²) < 4.78 is 1.62. The predicted molar refractivity (Wildman–Crippen MR) is 83.1 cm³/mol. The first-order chi connectivity index (χ1) is 10.1. The van der Waals surface area contributed by atoms with Crippen molar-refractivity contribution < 1.29 is 4.79 Å². The molecule has 0 radical (unpaired) electrons. The van der Waals surface area contributed by atoms with Gasteiger partial charge in [0.15, 0.2) is 5.43 Å². The van der Waals surface area contributed by atoms with Crippen molar-refractivity contribution in [2.24, 2.45) is 0 Å². The first-order valence-electron chi connectivity index (χ1n) is 6.58. The number of aromatic nitrogens is 1. The Labute approximate surface area is 125 Å². The molecular weight excluding hydrogens is 286 g/mol. The number of hydrogen-bond acceptors (Lipinski definition) is 2. The zero-order valence-electron chi connectivity index (χ0n) is 11.2. The van der Waals surface area contributed by atoms with Crippen molar-refractivity contribution >= 4 is 28.4 Å². The van der Waals surface area contributed by atoms with Crippen LogP contribution in [0.5, 0.6) is 0 Å². The molecule has 0 saturated heterocycles. The molecule has 3 aromatic rings. The lowest BCUT2D eigenvalue weighted by molar-refractivity contribution is 0.0973. The van der Waals surface area contributed by atoms with E-state index in [1.165, 1.54) is 0 Å². The molecule has 2 aromatic carbocycles. The zero-order valence-corrected chi connectivity index (χ0v) is 11.9. The summed E-state index contributed by atoms with van der Waals surface area (Å²) >= 11 is 5.99. The summed E-state index contributed by atoms with van der Waals surface area (Å²) in [5.41, 5.74) is 3.23. The quantitative estimate of drug-likeness (QED) is 0.497. The summed E-state index contributed by atoms with van der Waals surface area (Å²) in [6, 6.07) is 12.4. The molecule has 0 amide bonds. The molecule has 1 aliphatic rings. The molecule has 2 heterocycles. The Morgan fingerprint density at radius 1 is 1.00 bits per heavy atom. The molecule has 0 bridgehead atoms. The van der Waals surface area contributed by atoms with E-state index in [2.05, 4.69) is 0 Å². The highest BCUT2D eigenvalue weighted by molar-refractivity contribution is 6.31. The van der Waals surface area contributed by atoms with Gasteiger partial charge in [-0.05, 0) is 31.2 Å². The van der Waals surface area contributed by atoms with Crippen LogP contribution in [0, 0.1) is 6.92 Å². The second-order valence-corrected chi connectivity index (χ2v) is 5.59. The summed E-state index contributed by atoms with van der Waals surface area (Å²) in [6.45, 7) is 1.75. The second-order valence-electron chi connectivity index (χ2n) is 5.15. The Hall–Kier alpha value is -2.39. The van der Waals surface area contributed by atoms with Crippen molar-refractivity contribution in [2.45, 2.75) is 6.92 Å². The second kappa shape index (κ2) is 4.06. The minimum absolute atomic E-state index is 0.0803. The number of halogens is 1. The minimum atomic E-state index is -0.101. The van der Waals surface area contributed by atoms with Crippen LogP contribution in [0.15, 0.2) is 47.3 Å². The number of hydrogen-bond donors (Lipinski definition) is 0. The monoisotopic (exact) mass is 295 g/mol.